The van der Waals surface area contributed by atoms with Crippen LogP contribution in [0, 0.1) is 5.82 Å². The molecular weight excluding hydrogens is 455 g/mol. The molecule has 0 unspecified atom stereocenters. The summed E-state index contributed by atoms with van der Waals surface area (Å²) in [6, 6.07) is 5.01. The summed E-state index contributed by atoms with van der Waals surface area (Å²) in [6.45, 7) is 2.17. The van der Waals surface area contributed by atoms with Crippen LogP contribution in [0.15, 0.2) is 34.5 Å². The van der Waals surface area contributed by atoms with Crippen LogP contribution in [-0.4, -0.2) is 43.8 Å². The molecule has 1 N–H and O–H groups in total. The molecule has 0 aliphatic carbocycles. The van der Waals surface area contributed by atoms with E-state index in [1.54, 1.807) is 0 Å². The van der Waals surface area contributed by atoms with E-state index in [2.05, 4.69) is 5.32 Å². The normalized spacial score (nSPS) is 16.1. The van der Waals surface area contributed by atoms with E-state index in [9.17, 15) is 22.4 Å². The van der Waals surface area contributed by atoms with Gasteiger partial charge < -0.3 is 10.1 Å². The highest BCUT2D eigenvalue weighted by atomic mass is 35.5. The van der Waals surface area contributed by atoms with Crippen molar-refractivity contribution in [3.8, 4) is 0 Å². The van der Waals surface area contributed by atoms with Gasteiger partial charge in [0.25, 0.3) is 5.91 Å². The largest absolute Gasteiger partial charge is 0.448 e. The van der Waals surface area contributed by atoms with E-state index in [1.807, 2.05) is 0 Å². The lowest BCUT2D eigenvalue weighted by molar-refractivity contribution is -0.123. The van der Waals surface area contributed by atoms with Gasteiger partial charge in [-0.2, -0.15) is 4.31 Å². The average Bonchev–Trinajstić information content (AvgIpc) is 3.22. The summed E-state index contributed by atoms with van der Waals surface area (Å²) in [5, 5.41) is 3.80. The fourth-order valence-corrected chi connectivity index (χ4v) is 5.95. The molecule has 1 amide bonds. The second-order valence-electron chi connectivity index (χ2n) is 6.74. The van der Waals surface area contributed by atoms with Gasteiger partial charge in [-0.15, -0.1) is 11.3 Å². The summed E-state index contributed by atoms with van der Waals surface area (Å²) in [7, 11) is -3.82. The van der Waals surface area contributed by atoms with E-state index in [0.717, 1.165) is 36.7 Å². The van der Waals surface area contributed by atoms with Crippen LogP contribution in [0.3, 0.4) is 0 Å². The zero-order chi connectivity index (χ0) is 21.9. The molecule has 1 aliphatic heterocycles. The van der Waals surface area contributed by atoms with Gasteiger partial charge in [-0.3, -0.25) is 4.79 Å². The monoisotopic (exact) mass is 474 g/mol. The van der Waals surface area contributed by atoms with Gasteiger partial charge in [-0.05, 0) is 49.4 Å². The molecule has 11 heteroatoms. The Kier molecular flexibility index (Phi) is 7.12. The minimum atomic E-state index is -3.82. The Morgan fingerprint density at radius 3 is 2.60 bits per heavy atom. The molecule has 7 nitrogen and oxygen atoms in total. The van der Waals surface area contributed by atoms with Crippen LogP contribution in [0.4, 0.5) is 10.1 Å². The molecule has 3 rings (SSSR count). The number of ether oxygens (including phenoxy) is 1. The predicted octanol–water partition coefficient (Wildman–Crippen LogP) is 3.90. The Morgan fingerprint density at radius 1 is 1.23 bits per heavy atom. The molecule has 30 heavy (non-hydrogen) atoms. The third-order valence-electron chi connectivity index (χ3n) is 4.59. The first-order chi connectivity index (χ1) is 14.2. The molecular formula is C19H20ClFN2O5S2. The molecule has 1 aromatic heterocycles. The minimum absolute atomic E-state index is 0.0787. The van der Waals surface area contributed by atoms with E-state index in [4.69, 9.17) is 16.3 Å². The molecule has 162 valence electrons. The average molecular weight is 475 g/mol. The molecule has 0 saturated carbocycles. The summed E-state index contributed by atoms with van der Waals surface area (Å²) in [5.74, 6) is -2.20. The number of halogens is 2. The van der Waals surface area contributed by atoms with E-state index < -0.39 is 33.8 Å². The van der Waals surface area contributed by atoms with Gasteiger partial charge in [0.2, 0.25) is 10.0 Å². The number of nitrogens with zero attached hydrogens (tertiary/aromatic N) is 1. The zero-order valence-corrected chi connectivity index (χ0v) is 18.4. The molecule has 1 aromatic carbocycles. The van der Waals surface area contributed by atoms with Gasteiger partial charge in [0.05, 0.1) is 5.02 Å². The second-order valence-corrected chi connectivity index (χ2v) is 9.97. The van der Waals surface area contributed by atoms with Crippen LogP contribution < -0.4 is 5.32 Å². The van der Waals surface area contributed by atoms with E-state index >= 15 is 0 Å². The number of carbonyl (C=O) groups excluding carboxylic acids is 2. The summed E-state index contributed by atoms with van der Waals surface area (Å²) >= 11 is 6.62. The van der Waals surface area contributed by atoms with Gasteiger partial charge in [0.15, 0.2) is 6.10 Å². The topological polar surface area (TPSA) is 92.8 Å². The first-order valence-electron chi connectivity index (χ1n) is 9.24. The van der Waals surface area contributed by atoms with Crippen molar-refractivity contribution >= 4 is 50.5 Å². The standard InChI is InChI=1S/C19H20ClFN2O5S2/c1-12(18(24)22-13-5-6-15(21)14(20)11-13)28-19(25)17-16(7-10-29-17)30(26,27)23-8-3-2-4-9-23/h5-7,10-12H,2-4,8-9H2,1H3,(H,22,24)/t12-/m1/s1. The minimum Gasteiger partial charge on any atom is -0.448 e. The van der Waals surface area contributed by atoms with Crippen molar-refractivity contribution in [2.75, 3.05) is 18.4 Å². The number of hydrogen-bond acceptors (Lipinski definition) is 6. The third kappa shape index (κ3) is 5.00. The molecule has 1 fully saturated rings. The number of esters is 1. The summed E-state index contributed by atoms with van der Waals surface area (Å²) in [4.78, 5) is 24.7. The number of carbonyl (C=O) groups is 2. The molecule has 0 spiro atoms. The molecule has 2 aromatic rings. The van der Waals surface area contributed by atoms with Gasteiger partial charge >= 0.3 is 5.97 Å². The Balaban J connectivity index is 1.69. The smallest absolute Gasteiger partial charge is 0.350 e. The lowest BCUT2D eigenvalue weighted by atomic mass is 10.2. The molecule has 1 aliphatic rings. The van der Waals surface area contributed by atoms with Crippen LogP contribution in [-0.2, 0) is 19.6 Å². The highest BCUT2D eigenvalue weighted by Crippen LogP contribution is 2.28. The second kappa shape index (κ2) is 9.42. The number of anilines is 1. The van der Waals surface area contributed by atoms with Crippen LogP contribution >= 0.6 is 22.9 Å². The highest BCUT2D eigenvalue weighted by molar-refractivity contribution is 7.89. The number of amides is 1. The summed E-state index contributed by atoms with van der Waals surface area (Å²) < 4.78 is 45.6. The molecule has 1 atom stereocenters. The lowest BCUT2D eigenvalue weighted by Crippen LogP contribution is -2.36. The van der Waals surface area contributed by atoms with Crippen LogP contribution in [0.25, 0.3) is 0 Å². The predicted molar refractivity (Wildman–Crippen MR) is 112 cm³/mol. The van der Waals surface area contributed by atoms with Crippen molar-refractivity contribution < 1.29 is 27.1 Å². The first-order valence-corrected chi connectivity index (χ1v) is 11.9. The van der Waals surface area contributed by atoms with Gasteiger partial charge in [-0.25, -0.2) is 17.6 Å². The number of thiophene rings is 1. The third-order valence-corrected chi connectivity index (χ3v) is 7.84. The Bertz CT molecular complexity index is 1050. The number of benzene rings is 1. The van der Waals surface area contributed by atoms with Crippen molar-refractivity contribution in [3.05, 3.63) is 45.4 Å². The van der Waals surface area contributed by atoms with E-state index in [-0.39, 0.29) is 20.5 Å². The lowest BCUT2D eigenvalue weighted by Gasteiger charge is -2.25. The number of hydrogen-bond donors (Lipinski definition) is 1. The van der Waals surface area contributed by atoms with Crippen molar-refractivity contribution in [3.63, 3.8) is 0 Å². The van der Waals surface area contributed by atoms with Crippen molar-refractivity contribution in [2.45, 2.75) is 37.2 Å². The van der Waals surface area contributed by atoms with Gasteiger partial charge in [0, 0.05) is 18.8 Å². The van der Waals surface area contributed by atoms with Crippen molar-refractivity contribution in [2.24, 2.45) is 0 Å². The SMILES string of the molecule is C[C@@H](OC(=O)c1sccc1S(=O)(=O)N1CCCCC1)C(=O)Nc1ccc(F)c(Cl)c1. The molecule has 2 heterocycles. The van der Waals surface area contributed by atoms with Crippen molar-refractivity contribution in [1.29, 1.82) is 0 Å². The quantitative estimate of drug-likeness (QED) is 0.641. The Labute approximate surface area is 182 Å². The number of sulfonamides is 1. The van der Waals surface area contributed by atoms with E-state index in [0.29, 0.717) is 13.1 Å². The van der Waals surface area contributed by atoms with Crippen LogP contribution in [0.2, 0.25) is 5.02 Å². The fraction of sp³-hybridized carbons (Fsp3) is 0.368. The van der Waals surface area contributed by atoms with Crippen molar-refractivity contribution in [1.82, 2.24) is 4.31 Å². The van der Waals surface area contributed by atoms with Crippen LogP contribution in [0.5, 0.6) is 0 Å². The maximum Gasteiger partial charge on any atom is 0.350 e. The zero-order valence-electron chi connectivity index (χ0n) is 16.1. The number of piperidine rings is 1. The Morgan fingerprint density at radius 2 is 1.93 bits per heavy atom. The van der Waals surface area contributed by atoms with Gasteiger partial charge in [0.1, 0.15) is 15.6 Å². The number of rotatable bonds is 6. The van der Waals surface area contributed by atoms with Crippen LogP contribution in [0.1, 0.15) is 35.9 Å². The fourth-order valence-electron chi connectivity index (χ4n) is 2.98. The maximum atomic E-state index is 13.2. The van der Waals surface area contributed by atoms with E-state index in [1.165, 1.54) is 34.8 Å². The highest BCUT2D eigenvalue weighted by Gasteiger charge is 2.32. The number of nitrogens with one attached hydrogen (secondary N) is 1. The molecule has 1 saturated heterocycles. The Hall–Kier alpha value is -2.01. The maximum absolute atomic E-state index is 13.2. The summed E-state index contributed by atoms with van der Waals surface area (Å²) in [5.41, 5.74) is 0.235. The molecule has 0 radical (unpaired) electrons. The first kappa shape index (κ1) is 22.7. The molecule has 0 bridgehead atoms. The summed E-state index contributed by atoms with van der Waals surface area (Å²) in [6.07, 6.45) is 1.30. The van der Waals surface area contributed by atoms with Gasteiger partial charge in [-0.1, -0.05) is 18.0 Å².